The van der Waals surface area contributed by atoms with Crippen LogP contribution in [0.4, 0.5) is 4.79 Å². The van der Waals surface area contributed by atoms with Gasteiger partial charge in [0.2, 0.25) is 5.91 Å². The average molecular weight is 320 g/mol. The maximum absolute atomic E-state index is 12.3. The lowest BCUT2D eigenvalue weighted by atomic mass is 10.1. The topological polar surface area (TPSA) is 67.4 Å². The van der Waals surface area contributed by atoms with Crippen LogP contribution in [-0.4, -0.2) is 23.6 Å². The van der Waals surface area contributed by atoms with Crippen LogP contribution in [0.5, 0.6) is 0 Å². The van der Waals surface area contributed by atoms with E-state index in [1.807, 2.05) is 37.3 Å². The third-order valence-corrected chi connectivity index (χ3v) is 3.16. The highest BCUT2D eigenvalue weighted by atomic mass is 16.6. The molecule has 5 heteroatoms. The highest BCUT2D eigenvalue weighted by Gasteiger charge is 2.23. The molecule has 0 radical (unpaired) electrons. The van der Waals surface area contributed by atoms with E-state index in [0.29, 0.717) is 13.0 Å². The first kappa shape index (κ1) is 19.0. The van der Waals surface area contributed by atoms with Gasteiger partial charge in [0, 0.05) is 6.54 Å². The molecular weight excluding hydrogens is 292 g/mol. The minimum Gasteiger partial charge on any atom is -0.444 e. The summed E-state index contributed by atoms with van der Waals surface area (Å²) in [6.45, 7) is 7.88. The van der Waals surface area contributed by atoms with Gasteiger partial charge in [-0.3, -0.25) is 4.79 Å². The van der Waals surface area contributed by atoms with E-state index in [2.05, 4.69) is 10.6 Å². The van der Waals surface area contributed by atoms with Gasteiger partial charge < -0.3 is 15.4 Å². The average Bonchev–Trinajstić information content (AvgIpc) is 2.48. The number of ether oxygens (including phenoxy) is 1. The molecular formula is C18H28N2O3. The molecule has 1 aromatic rings. The molecule has 0 saturated heterocycles. The van der Waals surface area contributed by atoms with Crippen LogP contribution >= 0.6 is 0 Å². The van der Waals surface area contributed by atoms with Crippen molar-refractivity contribution in [3.63, 3.8) is 0 Å². The van der Waals surface area contributed by atoms with E-state index in [-0.39, 0.29) is 5.91 Å². The van der Waals surface area contributed by atoms with Crippen LogP contribution in [0.1, 0.15) is 52.5 Å². The molecule has 2 N–H and O–H groups in total. The van der Waals surface area contributed by atoms with E-state index in [0.717, 1.165) is 18.4 Å². The molecule has 0 aromatic heterocycles. The van der Waals surface area contributed by atoms with Gasteiger partial charge in [-0.25, -0.2) is 4.79 Å². The predicted molar refractivity (Wildman–Crippen MR) is 91.0 cm³/mol. The molecule has 0 spiro atoms. The van der Waals surface area contributed by atoms with Gasteiger partial charge in [0.15, 0.2) is 0 Å². The van der Waals surface area contributed by atoms with Crippen molar-refractivity contribution >= 4 is 12.0 Å². The lowest BCUT2D eigenvalue weighted by molar-refractivity contribution is -0.123. The van der Waals surface area contributed by atoms with Crippen molar-refractivity contribution in [3.05, 3.63) is 35.9 Å². The normalized spacial score (nSPS) is 12.3. The maximum atomic E-state index is 12.3. The molecule has 2 amide bonds. The maximum Gasteiger partial charge on any atom is 0.408 e. The van der Waals surface area contributed by atoms with Crippen LogP contribution in [0.3, 0.4) is 0 Å². The molecule has 5 nitrogen and oxygen atoms in total. The highest BCUT2D eigenvalue weighted by molar-refractivity contribution is 5.85. The molecule has 1 unspecified atom stereocenters. The monoisotopic (exact) mass is 320 g/mol. The summed E-state index contributed by atoms with van der Waals surface area (Å²) >= 11 is 0. The third kappa shape index (κ3) is 8.24. The minimum absolute atomic E-state index is 0.187. The Bertz CT molecular complexity index is 495. The zero-order chi connectivity index (χ0) is 17.3. The summed E-state index contributed by atoms with van der Waals surface area (Å²) in [5.74, 6) is -0.187. The molecule has 1 aromatic carbocycles. The molecule has 0 fully saturated rings. The van der Waals surface area contributed by atoms with Crippen LogP contribution in [0.25, 0.3) is 0 Å². The van der Waals surface area contributed by atoms with E-state index in [1.54, 1.807) is 20.8 Å². The second-order valence-electron chi connectivity index (χ2n) is 6.54. The van der Waals surface area contributed by atoms with Gasteiger partial charge in [0.05, 0.1) is 0 Å². The molecule has 0 aliphatic carbocycles. The second-order valence-corrected chi connectivity index (χ2v) is 6.54. The summed E-state index contributed by atoms with van der Waals surface area (Å²) in [6, 6.07) is 9.10. The minimum atomic E-state index is -0.583. The number of unbranched alkanes of at least 4 members (excludes halogenated alkanes) is 1. The van der Waals surface area contributed by atoms with Crippen molar-refractivity contribution < 1.29 is 14.3 Å². The zero-order valence-electron chi connectivity index (χ0n) is 14.5. The van der Waals surface area contributed by atoms with E-state index < -0.39 is 17.7 Å². The van der Waals surface area contributed by atoms with Gasteiger partial charge in [0.1, 0.15) is 11.6 Å². The van der Waals surface area contributed by atoms with Crippen LogP contribution in [-0.2, 0) is 16.1 Å². The Balaban J connectivity index is 2.57. The van der Waals surface area contributed by atoms with Crippen molar-refractivity contribution in [2.75, 3.05) is 0 Å². The van der Waals surface area contributed by atoms with Crippen LogP contribution in [0.15, 0.2) is 30.3 Å². The SMILES string of the molecule is CCCCC(NC(=O)OC(C)(C)C)C(=O)NCc1ccccc1. The van der Waals surface area contributed by atoms with Gasteiger partial charge in [-0.2, -0.15) is 0 Å². The quantitative estimate of drug-likeness (QED) is 0.809. The number of hydrogen-bond acceptors (Lipinski definition) is 3. The van der Waals surface area contributed by atoms with Crippen molar-refractivity contribution in [1.82, 2.24) is 10.6 Å². The van der Waals surface area contributed by atoms with Crippen LogP contribution in [0.2, 0.25) is 0 Å². The van der Waals surface area contributed by atoms with Gasteiger partial charge >= 0.3 is 6.09 Å². The summed E-state index contributed by atoms with van der Waals surface area (Å²) in [4.78, 5) is 24.2. The zero-order valence-corrected chi connectivity index (χ0v) is 14.5. The van der Waals surface area contributed by atoms with E-state index in [9.17, 15) is 9.59 Å². The van der Waals surface area contributed by atoms with Gasteiger partial charge in [-0.05, 0) is 32.8 Å². The summed E-state index contributed by atoms with van der Waals surface area (Å²) in [6.07, 6.45) is 1.85. The van der Waals surface area contributed by atoms with Crippen molar-refractivity contribution in [1.29, 1.82) is 0 Å². The highest BCUT2D eigenvalue weighted by Crippen LogP contribution is 2.08. The number of carbonyl (C=O) groups excluding carboxylic acids is 2. The molecule has 0 aliphatic rings. The van der Waals surface area contributed by atoms with Crippen molar-refractivity contribution in [2.45, 2.75) is 65.1 Å². The largest absolute Gasteiger partial charge is 0.444 e. The van der Waals surface area contributed by atoms with Crippen molar-refractivity contribution in [3.8, 4) is 0 Å². The summed E-state index contributed by atoms with van der Waals surface area (Å²) in [5.41, 5.74) is 0.437. The van der Waals surface area contributed by atoms with Gasteiger partial charge in [-0.15, -0.1) is 0 Å². The molecule has 128 valence electrons. The molecule has 1 atom stereocenters. The lowest BCUT2D eigenvalue weighted by Gasteiger charge is -2.23. The number of rotatable bonds is 7. The lowest BCUT2D eigenvalue weighted by Crippen LogP contribution is -2.48. The Hall–Kier alpha value is -2.04. The van der Waals surface area contributed by atoms with E-state index in [1.165, 1.54) is 0 Å². The Kier molecular flexibility index (Phi) is 7.59. The van der Waals surface area contributed by atoms with Gasteiger partial charge in [-0.1, -0.05) is 50.1 Å². The number of carbonyl (C=O) groups is 2. The Labute approximate surface area is 138 Å². The second kappa shape index (κ2) is 9.18. The number of amides is 2. The Morgan fingerprint density at radius 2 is 1.83 bits per heavy atom. The summed E-state index contributed by atoms with van der Waals surface area (Å²) in [7, 11) is 0. The smallest absolute Gasteiger partial charge is 0.408 e. The molecule has 0 aliphatic heterocycles. The first-order valence-corrected chi connectivity index (χ1v) is 8.13. The third-order valence-electron chi connectivity index (χ3n) is 3.16. The summed E-state index contributed by atoms with van der Waals surface area (Å²) in [5, 5.41) is 5.54. The number of hydrogen-bond donors (Lipinski definition) is 2. The number of benzene rings is 1. The molecule has 0 heterocycles. The molecule has 23 heavy (non-hydrogen) atoms. The first-order chi connectivity index (χ1) is 10.8. The van der Waals surface area contributed by atoms with Crippen molar-refractivity contribution in [2.24, 2.45) is 0 Å². The molecule has 1 rings (SSSR count). The predicted octanol–water partition coefficient (Wildman–Crippen LogP) is 3.39. The molecule has 0 saturated carbocycles. The fourth-order valence-corrected chi connectivity index (χ4v) is 2.04. The van der Waals surface area contributed by atoms with Crippen LogP contribution in [0, 0.1) is 0 Å². The van der Waals surface area contributed by atoms with E-state index in [4.69, 9.17) is 4.74 Å². The first-order valence-electron chi connectivity index (χ1n) is 8.13. The van der Waals surface area contributed by atoms with Crippen LogP contribution < -0.4 is 10.6 Å². The van der Waals surface area contributed by atoms with E-state index >= 15 is 0 Å². The van der Waals surface area contributed by atoms with Gasteiger partial charge in [0.25, 0.3) is 0 Å². The Morgan fingerprint density at radius 1 is 1.17 bits per heavy atom. The fraction of sp³-hybridized carbons (Fsp3) is 0.556. The summed E-state index contributed by atoms with van der Waals surface area (Å²) < 4.78 is 5.23. The number of alkyl carbamates (subject to hydrolysis) is 1. The standard InChI is InChI=1S/C18H28N2O3/c1-5-6-12-15(20-17(22)23-18(2,3)4)16(21)19-13-14-10-8-7-9-11-14/h7-11,15H,5-6,12-13H2,1-4H3,(H,19,21)(H,20,22). The fourth-order valence-electron chi connectivity index (χ4n) is 2.04. The molecule has 0 bridgehead atoms. The Morgan fingerprint density at radius 3 is 2.39 bits per heavy atom. The number of nitrogens with one attached hydrogen (secondary N) is 2.